The second-order valence-corrected chi connectivity index (χ2v) is 6.26. The Bertz CT molecular complexity index is 1080. The first-order valence-corrected chi connectivity index (χ1v) is 8.96. The number of fused-ring (bicyclic) bond motifs is 1. The molecule has 0 aliphatic heterocycles. The molecule has 0 fully saturated rings. The maximum absolute atomic E-state index is 12.2. The summed E-state index contributed by atoms with van der Waals surface area (Å²) in [4.78, 5) is 16.5. The normalized spacial score (nSPS) is 11.0. The number of aromatic nitrogens is 2. The van der Waals surface area contributed by atoms with Crippen molar-refractivity contribution >= 4 is 23.4 Å². The molecule has 0 atom stereocenters. The average Bonchev–Trinajstić information content (AvgIpc) is 3.14. The second kappa shape index (κ2) is 8.22. The highest BCUT2D eigenvalue weighted by Gasteiger charge is 2.03. The van der Waals surface area contributed by atoms with Crippen molar-refractivity contribution in [2.24, 2.45) is 0 Å². The summed E-state index contributed by atoms with van der Waals surface area (Å²) >= 11 is 0. The molecule has 2 aromatic heterocycles. The van der Waals surface area contributed by atoms with Gasteiger partial charge in [0, 0.05) is 12.3 Å². The van der Waals surface area contributed by atoms with E-state index in [4.69, 9.17) is 4.74 Å². The molecule has 138 valence electrons. The van der Waals surface area contributed by atoms with Crippen molar-refractivity contribution in [3.8, 4) is 5.75 Å². The van der Waals surface area contributed by atoms with Crippen molar-refractivity contribution in [2.75, 3.05) is 5.32 Å². The quantitative estimate of drug-likeness (QED) is 0.507. The summed E-state index contributed by atoms with van der Waals surface area (Å²) in [6, 6.07) is 23.3. The molecule has 4 rings (SSSR count). The summed E-state index contributed by atoms with van der Waals surface area (Å²) in [7, 11) is 0. The van der Waals surface area contributed by atoms with E-state index < -0.39 is 0 Å². The summed E-state index contributed by atoms with van der Waals surface area (Å²) in [6.07, 6.45) is 6.90. The highest BCUT2D eigenvalue weighted by atomic mass is 16.5. The molecule has 5 nitrogen and oxygen atoms in total. The number of nitrogens with one attached hydrogen (secondary N) is 1. The van der Waals surface area contributed by atoms with Gasteiger partial charge in [-0.3, -0.25) is 4.79 Å². The van der Waals surface area contributed by atoms with Crippen LogP contribution in [0.4, 0.5) is 5.82 Å². The molecule has 5 heteroatoms. The third-order valence-electron chi connectivity index (χ3n) is 4.15. The van der Waals surface area contributed by atoms with Crippen molar-refractivity contribution < 1.29 is 9.53 Å². The van der Waals surface area contributed by atoms with Crippen molar-refractivity contribution in [3.05, 3.63) is 102 Å². The number of carbonyl (C=O) groups is 1. The Morgan fingerprint density at radius 1 is 1.04 bits per heavy atom. The van der Waals surface area contributed by atoms with Crippen LogP contribution in [-0.4, -0.2) is 15.3 Å². The van der Waals surface area contributed by atoms with Gasteiger partial charge in [0.05, 0.1) is 6.20 Å². The Morgan fingerprint density at radius 3 is 2.75 bits per heavy atom. The number of pyridine rings is 1. The highest BCUT2D eigenvalue weighted by molar-refractivity contribution is 6.01. The molecule has 0 spiro atoms. The lowest BCUT2D eigenvalue weighted by molar-refractivity contribution is -0.111. The lowest BCUT2D eigenvalue weighted by Crippen LogP contribution is -2.07. The predicted molar refractivity (Wildman–Crippen MR) is 110 cm³/mol. The van der Waals surface area contributed by atoms with Gasteiger partial charge in [-0.05, 0) is 41.5 Å². The first-order chi connectivity index (χ1) is 13.8. The fourth-order valence-electron chi connectivity index (χ4n) is 2.78. The average molecular weight is 369 g/mol. The van der Waals surface area contributed by atoms with Gasteiger partial charge in [0.25, 0.3) is 0 Å². The van der Waals surface area contributed by atoms with E-state index in [1.54, 1.807) is 12.3 Å². The molecule has 0 radical (unpaired) electrons. The van der Waals surface area contributed by atoms with Crippen LogP contribution in [-0.2, 0) is 11.4 Å². The maximum atomic E-state index is 12.2. The zero-order valence-corrected chi connectivity index (χ0v) is 15.2. The minimum Gasteiger partial charge on any atom is -0.489 e. The molecule has 0 saturated carbocycles. The van der Waals surface area contributed by atoms with Gasteiger partial charge in [0.15, 0.2) is 5.82 Å². The van der Waals surface area contributed by atoms with E-state index in [9.17, 15) is 4.79 Å². The SMILES string of the molecule is O=C(/C=C/c1cccc(OCc2ccccc2)c1)Nc1cn2ccccc2n1. The first kappa shape index (κ1) is 17.5. The number of anilines is 1. The van der Waals surface area contributed by atoms with E-state index in [0.29, 0.717) is 12.4 Å². The topological polar surface area (TPSA) is 55.6 Å². The van der Waals surface area contributed by atoms with Gasteiger partial charge < -0.3 is 14.5 Å². The molecule has 1 amide bonds. The number of hydrogen-bond donors (Lipinski definition) is 1. The summed E-state index contributed by atoms with van der Waals surface area (Å²) in [5.41, 5.74) is 2.77. The van der Waals surface area contributed by atoms with E-state index in [1.807, 2.05) is 83.4 Å². The fraction of sp³-hybridized carbons (Fsp3) is 0.0435. The Kier molecular flexibility index (Phi) is 5.15. The van der Waals surface area contributed by atoms with Gasteiger partial charge in [-0.1, -0.05) is 48.5 Å². The number of carbonyl (C=O) groups excluding carboxylic acids is 1. The first-order valence-electron chi connectivity index (χ1n) is 8.96. The third kappa shape index (κ3) is 4.45. The molecule has 2 aromatic carbocycles. The van der Waals surface area contributed by atoms with Gasteiger partial charge >= 0.3 is 0 Å². The number of ether oxygens (including phenoxy) is 1. The summed E-state index contributed by atoms with van der Waals surface area (Å²) < 4.78 is 7.68. The molecule has 0 aliphatic rings. The molecule has 0 saturated heterocycles. The Balaban J connectivity index is 1.37. The van der Waals surface area contributed by atoms with Gasteiger partial charge in [-0.15, -0.1) is 0 Å². The number of benzene rings is 2. The Morgan fingerprint density at radius 2 is 1.89 bits per heavy atom. The van der Waals surface area contributed by atoms with Crippen LogP contribution in [0.5, 0.6) is 5.75 Å². The van der Waals surface area contributed by atoms with Crippen molar-refractivity contribution in [3.63, 3.8) is 0 Å². The van der Waals surface area contributed by atoms with Gasteiger partial charge in [0.1, 0.15) is 18.0 Å². The van der Waals surface area contributed by atoms with Crippen molar-refractivity contribution in [1.82, 2.24) is 9.38 Å². The van der Waals surface area contributed by atoms with E-state index in [1.165, 1.54) is 6.08 Å². The zero-order valence-electron chi connectivity index (χ0n) is 15.2. The van der Waals surface area contributed by atoms with Crippen LogP contribution >= 0.6 is 0 Å². The molecule has 2 heterocycles. The third-order valence-corrected chi connectivity index (χ3v) is 4.15. The number of nitrogens with zero attached hydrogens (tertiary/aromatic N) is 2. The van der Waals surface area contributed by atoms with Gasteiger partial charge in [0.2, 0.25) is 5.91 Å². The van der Waals surface area contributed by atoms with E-state index in [-0.39, 0.29) is 5.91 Å². The largest absolute Gasteiger partial charge is 0.489 e. The van der Waals surface area contributed by atoms with Crippen LogP contribution in [0.1, 0.15) is 11.1 Å². The van der Waals surface area contributed by atoms with E-state index in [0.717, 1.165) is 22.5 Å². The van der Waals surface area contributed by atoms with Crippen LogP contribution in [0.15, 0.2) is 91.3 Å². The Labute approximate surface area is 162 Å². The molecule has 4 aromatic rings. The predicted octanol–water partition coefficient (Wildman–Crippen LogP) is 4.57. The maximum Gasteiger partial charge on any atom is 0.249 e. The summed E-state index contributed by atoms with van der Waals surface area (Å²) in [5.74, 6) is 1.03. The molecular weight excluding hydrogens is 350 g/mol. The van der Waals surface area contributed by atoms with Crippen molar-refractivity contribution in [2.45, 2.75) is 6.61 Å². The fourth-order valence-corrected chi connectivity index (χ4v) is 2.78. The van der Waals surface area contributed by atoms with E-state index >= 15 is 0 Å². The number of hydrogen-bond acceptors (Lipinski definition) is 3. The lowest BCUT2D eigenvalue weighted by Gasteiger charge is -2.06. The van der Waals surface area contributed by atoms with Gasteiger partial charge in [-0.25, -0.2) is 4.98 Å². The standard InChI is InChI=1S/C23H19N3O2/c27-23(25-21-16-26-14-5-4-11-22(26)24-21)13-12-18-9-6-10-20(15-18)28-17-19-7-2-1-3-8-19/h1-16H,17H2,(H,25,27)/b13-12+. The van der Waals surface area contributed by atoms with E-state index in [2.05, 4.69) is 10.3 Å². The monoisotopic (exact) mass is 369 g/mol. The van der Waals surface area contributed by atoms with Crippen LogP contribution in [0.3, 0.4) is 0 Å². The highest BCUT2D eigenvalue weighted by Crippen LogP contribution is 2.16. The number of rotatable bonds is 6. The van der Waals surface area contributed by atoms with Crippen LogP contribution in [0.2, 0.25) is 0 Å². The number of imidazole rings is 1. The molecule has 28 heavy (non-hydrogen) atoms. The Hall–Kier alpha value is -3.86. The molecule has 1 N–H and O–H groups in total. The molecular formula is C23H19N3O2. The smallest absolute Gasteiger partial charge is 0.249 e. The zero-order chi connectivity index (χ0) is 19.2. The second-order valence-electron chi connectivity index (χ2n) is 6.26. The summed E-state index contributed by atoms with van der Waals surface area (Å²) in [5, 5.41) is 2.77. The molecule has 0 bridgehead atoms. The molecule has 0 unspecified atom stereocenters. The minimum atomic E-state index is -0.237. The lowest BCUT2D eigenvalue weighted by atomic mass is 10.2. The summed E-state index contributed by atoms with van der Waals surface area (Å²) in [6.45, 7) is 0.502. The van der Waals surface area contributed by atoms with Gasteiger partial charge in [-0.2, -0.15) is 0 Å². The molecule has 0 aliphatic carbocycles. The van der Waals surface area contributed by atoms with Crippen LogP contribution in [0, 0.1) is 0 Å². The number of amides is 1. The van der Waals surface area contributed by atoms with Crippen LogP contribution in [0.25, 0.3) is 11.7 Å². The van der Waals surface area contributed by atoms with Crippen molar-refractivity contribution in [1.29, 1.82) is 0 Å². The minimum absolute atomic E-state index is 0.237. The van der Waals surface area contributed by atoms with Crippen LogP contribution < -0.4 is 10.1 Å².